The molecule has 1 aliphatic rings. The van der Waals surface area contributed by atoms with Crippen LogP contribution in [0.5, 0.6) is 5.75 Å². The maximum absolute atomic E-state index is 11.6. The topological polar surface area (TPSA) is 95.9 Å². The van der Waals surface area contributed by atoms with E-state index < -0.39 is 27.5 Å². The lowest BCUT2D eigenvalue weighted by atomic mass is 9.86. The normalized spacial score (nSPS) is 24.6. The average Bonchev–Trinajstić information content (AvgIpc) is 2.94. The van der Waals surface area contributed by atoms with E-state index >= 15 is 0 Å². The summed E-state index contributed by atoms with van der Waals surface area (Å²) in [6.07, 6.45) is 0.402. The number of nitrogens with one attached hydrogen (secondary N) is 1. The van der Waals surface area contributed by atoms with Gasteiger partial charge in [0.05, 0.1) is 23.7 Å². The Morgan fingerprint density at radius 3 is 2.38 bits per heavy atom. The van der Waals surface area contributed by atoms with Crippen LogP contribution in [-0.2, 0) is 16.4 Å². The molecule has 0 heterocycles. The second kappa shape index (κ2) is 9.02. The third-order valence-corrected chi connectivity index (χ3v) is 6.61. The Hall–Kier alpha value is -1.64. The van der Waals surface area contributed by atoms with Crippen LogP contribution in [0.3, 0.4) is 0 Å². The Balaban J connectivity index is 1.64. The van der Waals surface area contributed by atoms with E-state index in [2.05, 4.69) is 5.32 Å². The van der Waals surface area contributed by atoms with Crippen LogP contribution in [0.4, 0.5) is 0 Å². The SMILES string of the molecule is CS(=O)(=O)c1ccc(OCC2(CNCc3cccc(Cl)c3)CC(O)C(O)C2)cc1. The minimum atomic E-state index is -3.26. The van der Waals surface area contributed by atoms with Gasteiger partial charge in [0.25, 0.3) is 0 Å². The van der Waals surface area contributed by atoms with Crippen molar-refractivity contribution >= 4 is 21.4 Å². The third kappa shape index (κ3) is 5.93. The Labute approximate surface area is 176 Å². The van der Waals surface area contributed by atoms with Gasteiger partial charge in [-0.2, -0.15) is 0 Å². The summed E-state index contributed by atoms with van der Waals surface area (Å²) in [6, 6.07) is 13.8. The van der Waals surface area contributed by atoms with Gasteiger partial charge in [-0.3, -0.25) is 0 Å². The molecule has 0 aliphatic heterocycles. The molecule has 2 atom stereocenters. The Morgan fingerprint density at radius 1 is 1.14 bits per heavy atom. The highest BCUT2D eigenvalue weighted by atomic mass is 35.5. The lowest BCUT2D eigenvalue weighted by molar-refractivity contribution is 0.0438. The second-order valence-corrected chi connectivity index (χ2v) is 10.3. The van der Waals surface area contributed by atoms with Crippen molar-refractivity contribution in [3.05, 3.63) is 59.1 Å². The van der Waals surface area contributed by atoms with Crippen LogP contribution in [0.1, 0.15) is 18.4 Å². The molecule has 0 spiro atoms. The highest BCUT2D eigenvalue weighted by molar-refractivity contribution is 7.90. The number of benzene rings is 2. The summed E-state index contributed by atoms with van der Waals surface area (Å²) in [6.45, 7) is 1.45. The van der Waals surface area contributed by atoms with Gasteiger partial charge in [0.15, 0.2) is 9.84 Å². The standard InChI is InChI=1S/C21H26ClNO5S/c1-29(26,27)18-7-5-17(6-8-18)28-14-21(10-19(24)20(25)11-21)13-23-12-15-3-2-4-16(22)9-15/h2-9,19-20,23-25H,10-14H2,1H3. The monoisotopic (exact) mass is 439 g/mol. The van der Waals surface area contributed by atoms with Gasteiger partial charge in [0.1, 0.15) is 5.75 Å². The van der Waals surface area contributed by atoms with Gasteiger partial charge >= 0.3 is 0 Å². The van der Waals surface area contributed by atoms with E-state index in [0.29, 0.717) is 43.3 Å². The van der Waals surface area contributed by atoms with Gasteiger partial charge in [-0.25, -0.2) is 8.42 Å². The number of rotatable bonds is 8. The van der Waals surface area contributed by atoms with Crippen molar-refractivity contribution in [2.24, 2.45) is 5.41 Å². The van der Waals surface area contributed by atoms with Crippen molar-refractivity contribution in [3.8, 4) is 5.75 Å². The van der Waals surface area contributed by atoms with Crippen LogP contribution in [-0.4, -0.2) is 50.2 Å². The molecule has 0 aromatic heterocycles. The lowest BCUT2D eigenvalue weighted by Gasteiger charge is -2.29. The molecule has 6 nitrogen and oxygen atoms in total. The average molecular weight is 440 g/mol. The molecule has 2 aromatic carbocycles. The molecule has 2 aromatic rings. The molecule has 0 saturated heterocycles. The Bertz CT molecular complexity index is 922. The summed E-state index contributed by atoms with van der Waals surface area (Å²) < 4.78 is 29.1. The van der Waals surface area contributed by atoms with Gasteiger partial charge in [-0.05, 0) is 54.8 Å². The molecule has 0 bridgehead atoms. The fourth-order valence-corrected chi connectivity index (χ4v) is 4.54. The third-order valence-electron chi connectivity index (χ3n) is 5.24. The smallest absolute Gasteiger partial charge is 0.175 e. The zero-order valence-electron chi connectivity index (χ0n) is 16.2. The maximum Gasteiger partial charge on any atom is 0.175 e. The van der Waals surface area contributed by atoms with Gasteiger partial charge in [0, 0.05) is 29.8 Å². The van der Waals surface area contributed by atoms with E-state index in [4.69, 9.17) is 16.3 Å². The van der Waals surface area contributed by atoms with Crippen LogP contribution in [0.25, 0.3) is 0 Å². The van der Waals surface area contributed by atoms with Gasteiger partial charge in [-0.15, -0.1) is 0 Å². The molecule has 1 fully saturated rings. The summed E-state index contributed by atoms with van der Waals surface area (Å²) in [5.74, 6) is 0.544. The summed E-state index contributed by atoms with van der Waals surface area (Å²) in [5.41, 5.74) is 0.608. The Kier molecular flexibility index (Phi) is 6.86. The number of aliphatic hydroxyl groups excluding tert-OH is 2. The van der Waals surface area contributed by atoms with Gasteiger partial charge in [-0.1, -0.05) is 23.7 Å². The number of halogens is 1. The fourth-order valence-electron chi connectivity index (χ4n) is 3.69. The maximum atomic E-state index is 11.6. The van der Waals surface area contributed by atoms with Gasteiger partial charge < -0.3 is 20.3 Å². The van der Waals surface area contributed by atoms with Crippen molar-refractivity contribution in [3.63, 3.8) is 0 Å². The highest BCUT2D eigenvalue weighted by Gasteiger charge is 2.44. The molecule has 3 rings (SSSR count). The molecule has 29 heavy (non-hydrogen) atoms. The minimum absolute atomic E-state index is 0.231. The lowest BCUT2D eigenvalue weighted by Crippen LogP contribution is -2.37. The second-order valence-electron chi connectivity index (χ2n) is 7.81. The zero-order chi connectivity index (χ0) is 21.1. The first kappa shape index (κ1) is 22.1. The molecular formula is C21H26ClNO5S. The van der Waals surface area contributed by atoms with Crippen molar-refractivity contribution in [2.45, 2.75) is 36.5 Å². The van der Waals surface area contributed by atoms with E-state index in [-0.39, 0.29) is 4.90 Å². The molecule has 1 aliphatic carbocycles. The minimum Gasteiger partial charge on any atom is -0.493 e. The first-order valence-electron chi connectivity index (χ1n) is 9.41. The van der Waals surface area contributed by atoms with Crippen LogP contribution in [0.2, 0.25) is 5.02 Å². The van der Waals surface area contributed by atoms with E-state index in [1.807, 2.05) is 24.3 Å². The van der Waals surface area contributed by atoms with Crippen molar-refractivity contribution in [1.29, 1.82) is 0 Å². The number of sulfone groups is 1. The van der Waals surface area contributed by atoms with Crippen molar-refractivity contribution in [2.75, 3.05) is 19.4 Å². The molecule has 3 N–H and O–H groups in total. The summed E-state index contributed by atoms with van der Waals surface area (Å²) in [7, 11) is -3.26. The molecular weight excluding hydrogens is 414 g/mol. The van der Waals surface area contributed by atoms with Gasteiger partial charge in [0.2, 0.25) is 0 Å². The molecule has 0 radical (unpaired) electrons. The number of hydrogen-bond acceptors (Lipinski definition) is 6. The van der Waals surface area contributed by atoms with E-state index in [9.17, 15) is 18.6 Å². The van der Waals surface area contributed by atoms with E-state index in [1.54, 1.807) is 12.1 Å². The largest absolute Gasteiger partial charge is 0.493 e. The number of hydrogen-bond donors (Lipinski definition) is 3. The van der Waals surface area contributed by atoms with E-state index in [1.165, 1.54) is 12.1 Å². The van der Waals surface area contributed by atoms with Crippen LogP contribution in [0, 0.1) is 5.41 Å². The molecule has 158 valence electrons. The van der Waals surface area contributed by atoms with Crippen molar-refractivity contribution < 1.29 is 23.4 Å². The first-order valence-corrected chi connectivity index (χ1v) is 11.7. The Morgan fingerprint density at radius 2 is 1.79 bits per heavy atom. The molecule has 1 saturated carbocycles. The van der Waals surface area contributed by atoms with Crippen LogP contribution < -0.4 is 10.1 Å². The predicted molar refractivity (Wildman–Crippen MR) is 112 cm³/mol. The number of aliphatic hydroxyl groups is 2. The summed E-state index contributed by atoms with van der Waals surface area (Å²) >= 11 is 6.02. The van der Waals surface area contributed by atoms with Crippen molar-refractivity contribution in [1.82, 2.24) is 5.32 Å². The van der Waals surface area contributed by atoms with Crippen LogP contribution in [0.15, 0.2) is 53.4 Å². The molecule has 2 unspecified atom stereocenters. The predicted octanol–water partition coefficient (Wildman–Crippen LogP) is 2.41. The van der Waals surface area contributed by atoms with Crippen LogP contribution >= 0.6 is 11.6 Å². The fraction of sp³-hybridized carbons (Fsp3) is 0.429. The summed E-state index contributed by atoms with van der Waals surface area (Å²) in [4.78, 5) is 0.231. The zero-order valence-corrected chi connectivity index (χ0v) is 17.8. The van der Waals surface area contributed by atoms with E-state index in [0.717, 1.165) is 11.8 Å². The molecule has 0 amide bonds. The highest BCUT2D eigenvalue weighted by Crippen LogP contribution is 2.39. The number of ether oxygens (including phenoxy) is 1. The molecule has 8 heteroatoms. The quantitative estimate of drug-likeness (QED) is 0.584. The summed E-state index contributed by atoms with van der Waals surface area (Å²) in [5, 5.41) is 24.2. The first-order chi connectivity index (χ1) is 13.7.